The monoisotopic (exact) mass is 285 g/mol. The van der Waals surface area contributed by atoms with Gasteiger partial charge in [-0.15, -0.1) is 24.8 Å². The summed E-state index contributed by atoms with van der Waals surface area (Å²) in [6.45, 7) is 7.75. The van der Waals surface area contributed by atoms with E-state index in [0.717, 1.165) is 32.6 Å². The van der Waals surface area contributed by atoms with Crippen LogP contribution in [0.4, 0.5) is 0 Å². The molecule has 2 N–H and O–H groups in total. The molecule has 0 bridgehead atoms. The van der Waals surface area contributed by atoms with E-state index in [1.165, 1.54) is 0 Å². The Balaban J connectivity index is 0. The number of piperazine rings is 1. The van der Waals surface area contributed by atoms with E-state index in [0.29, 0.717) is 5.92 Å². The Morgan fingerprint density at radius 1 is 1.18 bits per heavy atom. The molecule has 1 aliphatic heterocycles. The van der Waals surface area contributed by atoms with Crippen molar-refractivity contribution in [1.29, 1.82) is 0 Å². The van der Waals surface area contributed by atoms with Crippen LogP contribution < -0.4 is 5.73 Å². The predicted molar refractivity (Wildman–Crippen MR) is 76.0 cm³/mol. The molecule has 1 saturated heterocycles. The van der Waals surface area contributed by atoms with E-state index in [9.17, 15) is 4.79 Å². The van der Waals surface area contributed by atoms with Gasteiger partial charge < -0.3 is 15.5 Å². The molecule has 0 aromatic heterocycles. The van der Waals surface area contributed by atoms with Gasteiger partial charge in [0.1, 0.15) is 0 Å². The lowest BCUT2D eigenvalue weighted by Crippen LogP contribution is -2.52. The number of likely N-dealkylation sites (N-methyl/N-ethyl adjacent to an activating group) is 1. The summed E-state index contributed by atoms with van der Waals surface area (Å²) >= 11 is 0. The van der Waals surface area contributed by atoms with Crippen molar-refractivity contribution in [3.8, 4) is 0 Å². The van der Waals surface area contributed by atoms with E-state index < -0.39 is 0 Å². The molecule has 4 nitrogen and oxygen atoms in total. The van der Waals surface area contributed by atoms with Crippen LogP contribution in [0.5, 0.6) is 0 Å². The smallest absolute Gasteiger partial charge is 0.239 e. The fourth-order valence-corrected chi connectivity index (χ4v) is 1.87. The molecule has 0 radical (unpaired) electrons. The van der Waals surface area contributed by atoms with Crippen molar-refractivity contribution >= 4 is 30.7 Å². The Morgan fingerprint density at radius 2 is 1.65 bits per heavy atom. The van der Waals surface area contributed by atoms with Gasteiger partial charge in [0, 0.05) is 26.2 Å². The number of halogens is 2. The third-order valence-electron chi connectivity index (χ3n) is 2.86. The second-order valence-electron chi connectivity index (χ2n) is 4.86. The number of nitrogens with zero attached hydrogens (tertiary/aromatic N) is 2. The third kappa shape index (κ3) is 6.46. The molecule has 6 heteroatoms. The Labute approximate surface area is 117 Å². The predicted octanol–water partition coefficient (Wildman–Crippen LogP) is 0.977. The Kier molecular flexibility index (Phi) is 10.2. The molecular formula is C11H25Cl2N3O. The maximum absolute atomic E-state index is 11.9. The molecule has 0 aliphatic carbocycles. The quantitative estimate of drug-likeness (QED) is 0.841. The van der Waals surface area contributed by atoms with Crippen LogP contribution in [0.2, 0.25) is 0 Å². The van der Waals surface area contributed by atoms with Crippen molar-refractivity contribution in [3.63, 3.8) is 0 Å². The average molecular weight is 286 g/mol. The van der Waals surface area contributed by atoms with Crippen LogP contribution in [0.25, 0.3) is 0 Å². The Morgan fingerprint density at radius 3 is 2.06 bits per heavy atom. The highest BCUT2D eigenvalue weighted by molar-refractivity contribution is 5.85. The maximum Gasteiger partial charge on any atom is 0.239 e. The highest BCUT2D eigenvalue weighted by atomic mass is 35.5. The lowest BCUT2D eigenvalue weighted by atomic mass is 10.0. The summed E-state index contributed by atoms with van der Waals surface area (Å²) < 4.78 is 0. The number of hydrogen-bond donors (Lipinski definition) is 1. The maximum atomic E-state index is 11.9. The first-order chi connectivity index (χ1) is 7.00. The van der Waals surface area contributed by atoms with E-state index >= 15 is 0 Å². The van der Waals surface area contributed by atoms with Gasteiger partial charge in [-0.25, -0.2) is 0 Å². The Bertz CT molecular complexity index is 219. The fraction of sp³-hybridized carbons (Fsp3) is 0.909. The van der Waals surface area contributed by atoms with Crippen LogP contribution in [-0.2, 0) is 4.79 Å². The number of nitrogens with two attached hydrogens (primary N) is 1. The molecule has 104 valence electrons. The first-order valence-corrected chi connectivity index (χ1v) is 5.73. The first kappa shape index (κ1) is 19.3. The summed E-state index contributed by atoms with van der Waals surface area (Å²) in [7, 11) is 2.08. The van der Waals surface area contributed by atoms with Gasteiger partial charge in [0.15, 0.2) is 0 Å². The fourth-order valence-electron chi connectivity index (χ4n) is 1.87. The molecule has 1 amide bonds. The summed E-state index contributed by atoms with van der Waals surface area (Å²) in [5.41, 5.74) is 5.88. The van der Waals surface area contributed by atoms with Crippen LogP contribution in [0.3, 0.4) is 0 Å². The van der Waals surface area contributed by atoms with Crippen molar-refractivity contribution in [2.75, 3.05) is 33.2 Å². The van der Waals surface area contributed by atoms with Gasteiger partial charge in [-0.05, 0) is 19.4 Å². The van der Waals surface area contributed by atoms with Crippen molar-refractivity contribution < 1.29 is 4.79 Å². The largest absolute Gasteiger partial charge is 0.339 e. The highest BCUT2D eigenvalue weighted by Gasteiger charge is 2.24. The first-order valence-electron chi connectivity index (χ1n) is 5.73. The minimum Gasteiger partial charge on any atom is -0.339 e. The molecule has 0 saturated carbocycles. The van der Waals surface area contributed by atoms with E-state index in [1.807, 2.05) is 4.90 Å². The van der Waals surface area contributed by atoms with E-state index in [4.69, 9.17) is 5.73 Å². The van der Waals surface area contributed by atoms with Gasteiger partial charge >= 0.3 is 0 Å². The van der Waals surface area contributed by atoms with Gasteiger partial charge in [-0.3, -0.25) is 4.79 Å². The molecule has 0 spiro atoms. The normalized spacial score (nSPS) is 18.3. The zero-order valence-corrected chi connectivity index (χ0v) is 12.5. The topological polar surface area (TPSA) is 49.6 Å². The van der Waals surface area contributed by atoms with Crippen LogP contribution >= 0.6 is 24.8 Å². The van der Waals surface area contributed by atoms with Crippen molar-refractivity contribution in [3.05, 3.63) is 0 Å². The van der Waals surface area contributed by atoms with E-state index in [1.54, 1.807) is 0 Å². The minimum absolute atomic E-state index is 0. The molecule has 1 atom stereocenters. The summed E-state index contributed by atoms with van der Waals surface area (Å²) in [6.07, 6.45) is 0.783. The number of carbonyl (C=O) groups is 1. The van der Waals surface area contributed by atoms with Crippen LogP contribution in [0.1, 0.15) is 20.3 Å². The van der Waals surface area contributed by atoms with Gasteiger partial charge in [0.05, 0.1) is 6.04 Å². The van der Waals surface area contributed by atoms with E-state index in [2.05, 4.69) is 25.8 Å². The number of carbonyl (C=O) groups excluding carboxylic acids is 1. The lowest BCUT2D eigenvalue weighted by Gasteiger charge is -2.34. The molecule has 1 heterocycles. The molecule has 0 aromatic rings. The molecule has 1 aliphatic rings. The number of hydrogen-bond acceptors (Lipinski definition) is 3. The summed E-state index contributed by atoms with van der Waals surface area (Å²) in [6, 6.07) is -0.312. The van der Waals surface area contributed by atoms with Crippen LogP contribution in [-0.4, -0.2) is 55.0 Å². The van der Waals surface area contributed by atoms with Gasteiger partial charge in [-0.2, -0.15) is 0 Å². The van der Waals surface area contributed by atoms with Gasteiger partial charge in [-0.1, -0.05) is 13.8 Å². The second-order valence-corrected chi connectivity index (χ2v) is 4.86. The lowest BCUT2D eigenvalue weighted by molar-refractivity contribution is -0.134. The SMILES string of the molecule is CC(C)C[C@H](N)C(=O)N1CCN(C)CC1.Cl.Cl. The number of amides is 1. The van der Waals surface area contributed by atoms with Crippen molar-refractivity contribution in [2.24, 2.45) is 11.7 Å². The summed E-state index contributed by atoms with van der Waals surface area (Å²) in [4.78, 5) is 16.1. The summed E-state index contributed by atoms with van der Waals surface area (Å²) in [5.74, 6) is 0.605. The molecule has 0 unspecified atom stereocenters. The highest BCUT2D eigenvalue weighted by Crippen LogP contribution is 2.07. The van der Waals surface area contributed by atoms with Gasteiger partial charge in [0.2, 0.25) is 5.91 Å². The average Bonchev–Trinajstić information content (AvgIpc) is 2.17. The molecular weight excluding hydrogens is 261 g/mol. The van der Waals surface area contributed by atoms with Crippen LogP contribution in [0, 0.1) is 5.92 Å². The Hall–Kier alpha value is -0.0300. The summed E-state index contributed by atoms with van der Waals surface area (Å²) in [5, 5.41) is 0. The molecule has 1 fully saturated rings. The zero-order valence-electron chi connectivity index (χ0n) is 10.9. The second kappa shape index (κ2) is 8.97. The minimum atomic E-state index is -0.312. The standard InChI is InChI=1S/C11H23N3O.2ClH/c1-9(2)8-10(12)11(15)14-6-4-13(3)5-7-14;;/h9-10H,4-8,12H2,1-3H3;2*1H/t10-;;/m0../s1. The number of rotatable bonds is 3. The van der Waals surface area contributed by atoms with E-state index in [-0.39, 0.29) is 36.8 Å². The third-order valence-corrected chi connectivity index (χ3v) is 2.86. The van der Waals surface area contributed by atoms with Crippen molar-refractivity contribution in [2.45, 2.75) is 26.3 Å². The zero-order chi connectivity index (χ0) is 11.4. The molecule has 17 heavy (non-hydrogen) atoms. The van der Waals surface area contributed by atoms with Crippen molar-refractivity contribution in [1.82, 2.24) is 9.80 Å². The van der Waals surface area contributed by atoms with Gasteiger partial charge in [0.25, 0.3) is 0 Å². The molecule has 0 aromatic carbocycles. The molecule has 1 rings (SSSR count). The van der Waals surface area contributed by atoms with Crippen LogP contribution in [0.15, 0.2) is 0 Å².